The zero-order valence-corrected chi connectivity index (χ0v) is 11.6. The molecule has 0 aliphatic heterocycles. The summed E-state index contributed by atoms with van der Waals surface area (Å²) in [6.45, 7) is -0.0926. The van der Waals surface area contributed by atoms with E-state index in [2.05, 4.69) is 10.6 Å². The molecule has 0 aromatic heterocycles. The standard InChI is InChI=1S/C15H11ClFN3O/c16-10-3-1-4-11(7-10)20-15(21)9-19-14-6-2-5-13(17)12(14)8-18/h1-7,19H,9H2,(H,20,21). The maximum absolute atomic E-state index is 13.4. The summed E-state index contributed by atoms with van der Waals surface area (Å²) in [4.78, 5) is 11.8. The molecule has 0 aliphatic carbocycles. The summed E-state index contributed by atoms with van der Waals surface area (Å²) >= 11 is 5.81. The molecular formula is C15H11ClFN3O. The lowest BCUT2D eigenvalue weighted by Crippen LogP contribution is -2.22. The van der Waals surface area contributed by atoms with Crippen molar-refractivity contribution in [3.05, 3.63) is 58.9 Å². The lowest BCUT2D eigenvalue weighted by molar-refractivity contribution is -0.114. The Morgan fingerprint density at radius 3 is 2.76 bits per heavy atom. The molecule has 2 aromatic carbocycles. The van der Waals surface area contributed by atoms with Crippen LogP contribution in [0.5, 0.6) is 0 Å². The van der Waals surface area contributed by atoms with Gasteiger partial charge in [0.15, 0.2) is 0 Å². The largest absolute Gasteiger partial charge is 0.375 e. The second-order valence-electron chi connectivity index (χ2n) is 4.19. The molecule has 106 valence electrons. The molecule has 0 bridgehead atoms. The van der Waals surface area contributed by atoms with Crippen LogP contribution in [-0.4, -0.2) is 12.5 Å². The lowest BCUT2D eigenvalue weighted by atomic mass is 10.2. The molecule has 0 spiro atoms. The molecular weight excluding hydrogens is 293 g/mol. The van der Waals surface area contributed by atoms with Crippen LogP contribution in [0, 0.1) is 17.1 Å². The molecule has 0 saturated heterocycles. The Hall–Kier alpha value is -2.58. The number of benzene rings is 2. The van der Waals surface area contributed by atoms with Crippen LogP contribution in [0.25, 0.3) is 0 Å². The zero-order chi connectivity index (χ0) is 15.2. The van der Waals surface area contributed by atoms with Crippen molar-refractivity contribution < 1.29 is 9.18 Å². The van der Waals surface area contributed by atoms with Crippen molar-refractivity contribution >= 4 is 28.9 Å². The minimum absolute atomic E-state index is 0.0926. The maximum atomic E-state index is 13.4. The Bertz CT molecular complexity index is 712. The van der Waals surface area contributed by atoms with Crippen LogP contribution in [0.2, 0.25) is 5.02 Å². The molecule has 21 heavy (non-hydrogen) atoms. The van der Waals surface area contributed by atoms with Gasteiger partial charge in [0.1, 0.15) is 17.4 Å². The maximum Gasteiger partial charge on any atom is 0.243 e. The molecule has 2 aromatic rings. The van der Waals surface area contributed by atoms with E-state index in [4.69, 9.17) is 16.9 Å². The first kappa shape index (κ1) is 14.8. The molecule has 1 amide bonds. The Morgan fingerprint density at radius 1 is 1.29 bits per heavy atom. The van der Waals surface area contributed by atoms with Gasteiger partial charge in [-0.05, 0) is 30.3 Å². The molecule has 2 rings (SSSR count). The number of anilines is 2. The summed E-state index contributed by atoms with van der Waals surface area (Å²) in [5, 5.41) is 14.8. The lowest BCUT2D eigenvalue weighted by Gasteiger charge is -2.09. The van der Waals surface area contributed by atoms with Crippen LogP contribution in [0.1, 0.15) is 5.56 Å². The number of hydrogen-bond acceptors (Lipinski definition) is 3. The van der Waals surface area contributed by atoms with Gasteiger partial charge in [-0.15, -0.1) is 0 Å². The van der Waals surface area contributed by atoms with Gasteiger partial charge in [-0.25, -0.2) is 4.39 Å². The van der Waals surface area contributed by atoms with Gasteiger partial charge in [-0.3, -0.25) is 4.79 Å². The predicted molar refractivity (Wildman–Crippen MR) is 79.7 cm³/mol. The highest BCUT2D eigenvalue weighted by atomic mass is 35.5. The third-order valence-corrected chi connectivity index (χ3v) is 2.91. The summed E-state index contributed by atoms with van der Waals surface area (Å²) in [5.41, 5.74) is 0.723. The number of nitrogens with zero attached hydrogens (tertiary/aromatic N) is 1. The van der Waals surface area contributed by atoms with Gasteiger partial charge in [0.05, 0.1) is 12.2 Å². The summed E-state index contributed by atoms with van der Waals surface area (Å²) in [6, 6.07) is 12.7. The second-order valence-corrected chi connectivity index (χ2v) is 4.62. The minimum atomic E-state index is -0.627. The van der Waals surface area contributed by atoms with Crippen molar-refractivity contribution in [1.29, 1.82) is 5.26 Å². The summed E-state index contributed by atoms with van der Waals surface area (Å²) < 4.78 is 13.4. The van der Waals surface area contributed by atoms with Crippen LogP contribution in [0.4, 0.5) is 15.8 Å². The molecule has 2 N–H and O–H groups in total. The van der Waals surface area contributed by atoms with Crippen molar-refractivity contribution in [2.45, 2.75) is 0 Å². The van der Waals surface area contributed by atoms with Crippen LogP contribution >= 0.6 is 11.6 Å². The second kappa shape index (κ2) is 6.73. The quantitative estimate of drug-likeness (QED) is 0.910. The third kappa shape index (κ3) is 3.94. The Kier molecular flexibility index (Phi) is 4.75. The number of carbonyl (C=O) groups excluding carboxylic acids is 1. The first-order chi connectivity index (χ1) is 10.1. The average molecular weight is 304 g/mol. The number of halogens is 2. The Labute approximate surface area is 126 Å². The molecule has 4 nitrogen and oxygen atoms in total. The average Bonchev–Trinajstić information content (AvgIpc) is 2.45. The van der Waals surface area contributed by atoms with E-state index in [1.165, 1.54) is 18.2 Å². The highest BCUT2D eigenvalue weighted by Crippen LogP contribution is 2.18. The van der Waals surface area contributed by atoms with Crippen LogP contribution in [0.3, 0.4) is 0 Å². The van der Waals surface area contributed by atoms with E-state index in [9.17, 15) is 9.18 Å². The van der Waals surface area contributed by atoms with E-state index in [0.717, 1.165) is 0 Å². The number of nitriles is 1. The number of hydrogen-bond donors (Lipinski definition) is 2. The van der Waals surface area contributed by atoms with Crippen LogP contribution in [-0.2, 0) is 4.79 Å². The van der Waals surface area contributed by atoms with E-state index < -0.39 is 5.82 Å². The molecule has 0 saturated carbocycles. The van der Waals surface area contributed by atoms with E-state index in [-0.39, 0.29) is 23.7 Å². The highest BCUT2D eigenvalue weighted by Gasteiger charge is 2.09. The molecule has 6 heteroatoms. The highest BCUT2D eigenvalue weighted by molar-refractivity contribution is 6.30. The first-order valence-corrected chi connectivity index (χ1v) is 6.46. The van der Waals surface area contributed by atoms with Crippen molar-refractivity contribution in [2.24, 2.45) is 0 Å². The third-order valence-electron chi connectivity index (χ3n) is 2.67. The van der Waals surface area contributed by atoms with Crippen LogP contribution in [0.15, 0.2) is 42.5 Å². The van der Waals surface area contributed by atoms with Gasteiger partial charge >= 0.3 is 0 Å². The molecule has 0 heterocycles. The fourth-order valence-corrected chi connectivity index (χ4v) is 1.92. The Balaban J connectivity index is 1.99. The monoisotopic (exact) mass is 303 g/mol. The number of amides is 1. The molecule has 0 unspecified atom stereocenters. The van der Waals surface area contributed by atoms with Crippen molar-refractivity contribution in [1.82, 2.24) is 0 Å². The minimum Gasteiger partial charge on any atom is -0.375 e. The summed E-state index contributed by atoms with van der Waals surface area (Å²) in [5.74, 6) is -0.955. The van der Waals surface area contributed by atoms with Crippen LogP contribution < -0.4 is 10.6 Å². The number of nitrogens with one attached hydrogen (secondary N) is 2. The predicted octanol–water partition coefficient (Wildman–Crippen LogP) is 3.40. The topological polar surface area (TPSA) is 64.9 Å². The molecule has 0 radical (unpaired) electrons. The van der Waals surface area contributed by atoms with E-state index in [0.29, 0.717) is 10.7 Å². The van der Waals surface area contributed by atoms with Gasteiger partial charge in [0.2, 0.25) is 5.91 Å². The van der Waals surface area contributed by atoms with Crippen molar-refractivity contribution in [3.63, 3.8) is 0 Å². The summed E-state index contributed by atoms with van der Waals surface area (Å²) in [7, 11) is 0. The normalized spacial score (nSPS) is 9.76. The first-order valence-electron chi connectivity index (χ1n) is 6.08. The van der Waals surface area contributed by atoms with E-state index >= 15 is 0 Å². The molecule has 0 atom stereocenters. The van der Waals surface area contributed by atoms with Gasteiger partial charge < -0.3 is 10.6 Å². The van der Waals surface area contributed by atoms with Gasteiger partial charge in [-0.2, -0.15) is 5.26 Å². The fraction of sp³-hybridized carbons (Fsp3) is 0.0667. The zero-order valence-electron chi connectivity index (χ0n) is 10.9. The van der Waals surface area contributed by atoms with Gasteiger partial charge in [-0.1, -0.05) is 23.7 Å². The van der Waals surface area contributed by atoms with Gasteiger partial charge in [0, 0.05) is 10.7 Å². The number of carbonyl (C=O) groups is 1. The molecule has 0 fully saturated rings. The van der Waals surface area contributed by atoms with Crippen molar-refractivity contribution in [3.8, 4) is 6.07 Å². The smallest absolute Gasteiger partial charge is 0.243 e. The van der Waals surface area contributed by atoms with E-state index in [1.807, 2.05) is 0 Å². The Morgan fingerprint density at radius 2 is 2.05 bits per heavy atom. The SMILES string of the molecule is N#Cc1c(F)cccc1NCC(=O)Nc1cccc(Cl)c1. The number of rotatable bonds is 4. The van der Waals surface area contributed by atoms with Crippen molar-refractivity contribution in [2.75, 3.05) is 17.2 Å². The van der Waals surface area contributed by atoms with Gasteiger partial charge in [0.25, 0.3) is 0 Å². The fourth-order valence-electron chi connectivity index (χ4n) is 1.73. The molecule has 0 aliphatic rings. The van der Waals surface area contributed by atoms with E-state index in [1.54, 1.807) is 30.3 Å². The summed E-state index contributed by atoms with van der Waals surface area (Å²) in [6.07, 6.45) is 0.